The molecule has 164 valence electrons. The van der Waals surface area contributed by atoms with Gasteiger partial charge in [-0.2, -0.15) is 0 Å². The molecule has 1 amide bonds. The molecule has 0 aromatic heterocycles. The summed E-state index contributed by atoms with van der Waals surface area (Å²) in [5.41, 5.74) is 2.02. The topological polar surface area (TPSA) is 69.2 Å². The second-order valence-corrected chi connectivity index (χ2v) is 7.08. The van der Waals surface area contributed by atoms with Crippen molar-refractivity contribution >= 4 is 35.8 Å². The Hall–Kier alpha value is -1.46. The van der Waals surface area contributed by atoms with Crippen molar-refractivity contribution in [1.82, 2.24) is 20.4 Å². The van der Waals surface area contributed by atoms with E-state index < -0.39 is 0 Å². The van der Waals surface area contributed by atoms with Crippen molar-refractivity contribution in [3.8, 4) is 0 Å². The van der Waals surface area contributed by atoms with Crippen LogP contribution in [0.3, 0.4) is 0 Å². The van der Waals surface area contributed by atoms with E-state index in [1.54, 1.807) is 20.2 Å². The summed E-state index contributed by atoms with van der Waals surface area (Å²) in [4.78, 5) is 20.1. The largest absolute Gasteiger partial charge is 0.379 e. The Morgan fingerprint density at radius 3 is 2.59 bits per heavy atom. The Bertz CT molecular complexity index is 666. The highest BCUT2D eigenvalue weighted by molar-refractivity contribution is 14.0. The molecule has 0 bridgehead atoms. The maximum absolute atomic E-state index is 13.2. The maximum Gasteiger partial charge on any atom is 0.243 e. The number of ether oxygens (including phenoxy) is 1. The van der Waals surface area contributed by atoms with Crippen LogP contribution in [0.15, 0.2) is 23.2 Å². The van der Waals surface area contributed by atoms with Gasteiger partial charge in [-0.1, -0.05) is 6.07 Å². The SMILES string of the molecule is Cc1cc(F)ccc1CCNC(=NCC(=O)N(C)C)NCCN1CCOCC1.I. The van der Waals surface area contributed by atoms with Crippen LogP contribution >= 0.6 is 24.0 Å². The van der Waals surface area contributed by atoms with Crippen LogP contribution in [-0.4, -0.2) is 88.2 Å². The zero-order valence-electron chi connectivity index (χ0n) is 17.5. The highest BCUT2D eigenvalue weighted by Crippen LogP contribution is 2.10. The van der Waals surface area contributed by atoms with Gasteiger partial charge < -0.3 is 20.3 Å². The van der Waals surface area contributed by atoms with Gasteiger partial charge in [-0.3, -0.25) is 9.69 Å². The van der Waals surface area contributed by atoms with Gasteiger partial charge in [-0.25, -0.2) is 9.38 Å². The summed E-state index contributed by atoms with van der Waals surface area (Å²) < 4.78 is 18.6. The van der Waals surface area contributed by atoms with Crippen molar-refractivity contribution in [3.63, 3.8) is 0 Å². The molecule has 0 saturated carbocycles. The van der Waals surface area contributed by atoms with E-state index in [0.717, 1.165) is 56.9 Å². The van der Waals surface area contributed by atoms with Crippen LogP contribution in [0.4, 0.5) is 4.39 Å². The van der Waals surface area contributed by atoms with Crippen LogP contribution in [0.1, 0.15) is 11.1 Å². The number of morpholine rings is 1. The minimum Gasteiger partial charge on any atom is -0.379 e. The summed E-state index contributed by atoms with van der Waals surface area (Å²) in [7, 11) is 3.43. The number of nitrogens with zero attached hydrogens (tertiary/aromatic N) is 3. The smallest absolute Gasteiger partial charge is 0.243 e. The van der Waals surface area contributed by atoms with Crippen molar-refractivity contribution in [2.75, 3.05) is 66.6 Å². The van der Waals surface area contributed by atoms with Crippen LogP contribution in [0.25, 0.3) is 0 Å². The number of benzene rings is 1. The Balaban J connectivity index is 0.00000420. The zero-order chi connectivity index (χ0) is 20.4. The van der Waals surface area contributed by atoms with Gasteiger partial charge >= 0.3 is 0 Å². The van der Waals surface area contributed by atoms with Crippen molar-refractivity contribution in [2.24, 2.45) is 4.99 Å². The van der Waals surface area contributed by atoms with E-state index in [2.05, 4.69) is 20.5 Å². The standard InChI is InChI=1S/C20H32FN5O2.HI/c1-16-14-18(21)5-4-17(16)6-7-22-20(24-15-19(27)25(2)3)23-8-9-26-10-12-28-13-11-26;/h4-5,14H,6-13,15H2,1-3H3,(H2,22,23,24);1H. The third-order valence-corrected chi connectivity index (χ3v) is 4.69. The minimum absolute atomic E-state index is 0. The second kappa shape index (κ2) is 13.7. The van der Waals surface area contributed by atoms with E-state index in [9.17, 15) is 9.18 Å². The molecular formula is C20H33FIN5O2. The molecule has 0 atom stereocenters. The number of hydrogen-bond acceptors (Lipinski definition) is 4. The Kier molecular flexibility index (Phi) is 12.1. The van der Waals surface area contributed by atoms with Gasteiger partial charge in [0.05, 0.1) is 13.2 Å². The molecule has 0 radical (unpaired) electrons. The molecule has 7 nitrogen and oxygen atoms in total. The normalized spacial score (nSPS) is 14.8. The number of guanidine groups is 1. The molecule has 9 heteroatoms. The van der Waals surface area contributed by atoms with E-state index in [4.69, 9.17) is 4.74 Å². The second-order valence-electron chi connectivity index (χ2n) is 7.08. The number of nitrogens with one attached hydrogen (secondary N) is 2. The summed E-state index contributed by atoms with van der Waals surface area (Å²) in [6.07, 6.45) is 0.748. The summed E-state index contributed by atoms with van der Waals surface area (Å²) in [5.74, 6) is 0.343. The first-order valence-electron chi connectivity index (χ1n) is 9.73. The molecular weight excluding hydrogens is 488 g/mol. The highest BCUT2D eigenvalue weighted by Gasteiger charge is 2.10. The number of aryl methyl sites for hydroxylation is 1. The van der Waals surface area contributed by atoms with E-state index in [1.807, 2.05) is 13.0 Å². The van der Waals surface area contributed by atoms with Gasteiger partial charge in [0.25, 0.3) is 0 Å². The van der Waals surface area contributed by atoms with Gasteiger partial charge in [0.2, 0.25) is 5.91 Å². The predicted octanol–water partition coefficient (Wildman–Crippen LogP) is 1.25. The summed E-state index contributed by atoms with van der Waals surface area (Å²) >= 11 is 0. The summed E-state index contributed by atoms with van der Waals surface area (Å²) in [5, 5.41) is 6.57. The lowest BCUT2D eigenvalue weighted by atomic mass is 10.1. The zero-order valence-corrected chi connectivity index (χ0v) is 19.9. The number of amides is 1. The molecule has 0 spiro atoms. The molecule has 0 unspecified atom stereocenters. The first-order chi connectivity index (χ1) is 13.5. The van der Waals surface area contributed by atoms with E-state index in [0.29, 0.717) is 12.5 Å². The Labute approximate surface area is 190 Å². The highest BCUT2D eigenvalue weighted by atomic mass is 127. The van der Waals surface area contributed by atoms with Crippen LogP contribution in [0, 0.1) is 12.7 Å². The number of aliphatic imine (C=N–C) groups is 1. The van der Waals surface area contributed by atoms with Crippen LogP contribution in [0.5, 0.6) is 0 Å². The molecule has 1 fully saturated rings. The van der Waals surface area contributed by atoms with Crippen molar-refractivity contribution in [1.29, 1.82) is 0 Å². The van der Waals surface area contributed by atoms with E-state index in [1.165, 1.54) is 11.0 Å². The minimum atomic E-state index is -0.219. The predicted molar refractivity (Wildman–Crippen MR) is 125 cm³/mol. The van der Waals surface area contributed by atoms with Crippen LogP contribution < -0.4 is 10.6 Å². The summed E-state index contributed by atoms with van der Waals surface area (Å²) in [6, 6.07) is 4.83. The number of carbonyl (C=O) groups is 1. The quantitative estimate of drug-likeness (QED) is 0.306. The third-order valence-electron chi connectivity index (χ3n) is 4.69. The maximum atomic E-state index is 13.2. The van der Waals surface area contributed by atoms with Gasteiger partial charge in [-0.15, -0.1) is 24.0 Å². The third kappa shape index (κ3) is 9.72. The molecule has 2 rings (SSSR count). The average Bonchev–Trinajstić information content (AvgIpc) is 2.67. The van der Waals surface area contributed by atoms with Gasteiger partial charge in [0.15, 0.2) is 5.96 Å². The summed E-state index contributed by atoms with van der Waals surface area (Å²) in [6.45, 7) is 7.68. The van der Waals surface area contributed by atoms with Crippen molar-refractivity contribution in [3.05, 3.63) is 35.1 Å². The molecule has 1 aromatic rings. The van der Waals surface area contributed by atoms with Gasteiger partial charge in [0, 0.05) is 46.8 Å². The van der Waals surface area contributed by atoms with Crippen molar-refractivity contribution < 1.29 is 13.9 Å². The fraction of sp³-hybridized carbons (Fsp3) is 0.600. The molecule has 2 N–H and O–H groups in total. The van der Waals surface area contributed by atoms with Gasteiger partial charge in [0.1, 0.15) is 12.4 Å². The van der Waals surface area contributed by atoms with E-state index >= 15 is 0 Å². The molecule has 1 aromatic carbocycles. The first-order valence-corrected chi connectivity index (χ1v) is 9.73. The fourth-order valence-electron chi connectivity index (χ4n) is 2.87. The van der Waals surface area contributed by atoms with E-state index in [-0.39, 0.29) is 42.2 Å². The number of carbonyl (C=O) groups excluding carboxylic acids is 1. The lowest BCUT2D eigenvalue weighted by Gasteiger charge is -2.26. The Morgan fingerprint density at radius 2 is 1.93 bits per heavy atom. The molecule has 1 heterocycles. The first kappa shape index (κ1) is 25.6. The lowest BCUT2D eigenvalue weighted by Crippen LogP contribution is -2.45. The monoisotopic (exact) mass is 521 g/mol. The molecule has 1 saturated heterocycles. The lowest BCUT2D eigenvalue weighted by molar-refractivity contribution is -0.127. The van der Waals surface area contributed by atoms with Crippen LogP contribution in [0.2, 0.25) is 0 Å². The molecule has 1 aliphatic rings. The number of rotatable bonds is 8. The number of likely N-dealkylation sites (N-methyl/N-ethyl adjacent to an activating group) is 1. The molecule has 29 heavy (non-hydrogen) atoms. The molecule has 0 aliphatic carbocycles. The average molecular weight is 521 g/mol. The number of hydrogen-bond donors (Lipinski definition) is 2. The molecule has 1 aliphatic heterocycles. The number of halogens is 2. The van der Waals surface area contributed by atoms with Crippen LogP contribution in [-0.2, 0) is 16.0 Å². The Morgan fingerprint density at radius 1 is 1.24 bits per heavy atom. The van der Waals surface area contributed by atoms with Gasteiger partial charge in [-0.05, 0) is 36.6 Å². The van der Waals surface area contributed by atoms with Crippen molar-refractivity contribution in [2.45, 2.75) is 13.3 Å². The fourth-order valence-corrected chi connectivity index (χ4v) is 2.87.